The molecule has 2 N–H and O–H groups in total. The molecule has 1 aliphatic rings. The Bertz CT molecular complexity index is 427. The molecule has 0 heterocycles. The van der Waals surface area contributed by atoms with Gasteiger partial charge in [-0.15, -0.1) is 0 Å². The van der Waals surface area contributed by atoms with Gasteiger partial charge in [0.1, 0.15) is 5.75 Å². The van der Waals surface area contributed by atoms with E-state index in [1.54, 1.807) is 18.2 Å². The first-order chi connectivity index (χ1) is 9.20. The number of carbonyl (C=O) groups excluding carboxylic acids is 1. The van der Waals surface area contributed by atoms with E-state index in [2.05, 4.69) is 5.32 Å². The number of carbonyl (C=O) groups is 1. The van der Waals surface area contributed by atoms with Gasteiger partial charge in [-0.25, -0.2) is 0 Å². The van der Waals surface area contributed by atoms with Crippen molar-refractivity contribution in [1.82, 2.24) is 5.32 Å². The van der Waals surface area contributed by atoms with Crippen LogP contribution in [0.2, 0.25) is 0 Å². The normalized spacial score (nSPS) is 17.3. The Morgan fingerprint density at radius 3 is 2.84 bits per heavy atom. The molecule has 1 unspecified atom stereocenters. The molecule has 2 rings (SSSR count). The fraction of sp³-hybridized carbons (Fsp3) is 0.533. The third-order valence-electron chi connectivity index (χ3n) is 3.72. The zero-order valence-electron chi connectivity index (χ0n) is 11.3. The quantitative estimate of drug-likeness (QED) is 0.799. The van der Waals surface area contributed by atoms with Crippen molar-refractivity contribution in [3.63, 3.8) is 0 Å². The number of phenolic OH excluding ortho intramolecular Hbond substituents is 1. The highest BCUT2D eigenvalue weighted by Crippen LogP contribution is 2.23. The molecule has 1 aromatic rings. The monoisotopic (exact) mass is 263 g/mol. The Hall–Kier alpha value is -1.55. The molecular formula is C15H21NO3. The van der Waals surface area contributed by atoms with Crippen LogP contribution in [-0.4, -0.2) is 30.8 Å². The van der Waals surface area contributed by atoms with E-state index in [4.69, 9.17) is 4.74 Å². The van der Waals surface area contributed by atoms with Crippen LogP contribution in [0.4, 0.5) is 0 Å². The van der Waals surface area contributed by atoms with Crippen molar-refractivity contribution in [2.45, 2.75) is 37.6 Å². The van der Waals surface area contributed by atoms with Crippen molar-refractivity contribution in [3.8, 4) is 5.75 Å². The van der Waals surface area contributed by atoms with Gasteiger partial charge in [0.2, 0.25) is 0 Å². The summed E-state index contributed by atoms with van der Waals surface area (Å²) in [4.78, 5) is 11.9. The average Bonchev–Trinajstić information content (AvgIpc) is 2.92. The third kappa shape index (κ3) is 3.70. The first-order valence-corrected chi connectivity index (χ1v) is 6.81. The Morgan fingerprint density at radius 2 is 2.21 bits per heavy atom. The fourth-order valence-corrected chi connectivity index (χ4v) is 2.64. The number of phenols is 1. The van der Waals surface area contributed by atoms with Gasteiger partial charge in [0, 0.05) is 12.6 Å². The molecule has 0 amide bonds. The molecule has 1 atom stereocenters. The molecule has 1 saturated carbocycles. The van der Waals surface area contributed by atoms with E-state index >= 15 is 0 Å². The minimum absolute atomic E-state index is 0.173. The lowest BCUT2D eigenvalue weighted by molar-refractivity contribution is -0.142. The van der Waals surface area contributed by atoms with Gasteiger partial charge in [-0.1, -0.05) is 25.0 Å². The second kappa shape index (κ2) is 6.57. The minimum atomic E-state index is -0.363. The second-order valence-electron chi connectivity index (χ2n) is 5.06. The molecule has 0 aromatic heterocycles. The van der Waals surface area contributed by atoms with Crippen LogP contribution in [0.25, 0.3) is 0 Å². The van der Waals surface area contributed by atoms with E-state index in [-0.39, 0.29) is 17.6 Å². The largest absolute Gasteiger partial charge is 0.508 e. The summed E-state index contributed by atoms with van der Waals surface area (Å²) in [5, 5.41) is 13.0. The van der Waals surface area contributed by atoms with Gasteiger partial charge in [0.15, 0.2) is 0 Å². The maximum Gasteiger partial charge on any atom is 0.314 e. The van der Waals surface area contributed by atoms with Crippen LogP contribution in [0.15, 0.2) is 24.3 Å². The SMILES string of the molecule is COC(=O)C(CNC1CCCC1)c1cccc(O)c1. The fourth-order valence-electron chi connectivity index (χ4n) is 2.64. The second-order valence-corrected chi connectivity index (χ2v) is 5.06. The maximum atomic E-state index is 11.9. The van der Waals surface area contributed by atoms with Crippen LogP contribution in [0.5, 0.6) is 5.75 Å². The number of esters is 1. The van der Waals surface area contributed by atoms with Gasteiger partial charge < -0.3 is 15.2 Å². The number of benzene rings is 1. The number of methoxy groups -OCH3 is 1. The summed E-state index contributed by atoms with van der Waals surface area (Å²) in [6, 6.07) is 7.32. The van der Waals surface area contributed by atoms with Gasteiger partial charge in [-0.2, -0.15) is 0 Å². The molecule has 0 aliphatic heterocycles. The molecule has 0 bridgehead atoms. The van der Waals surface area contributed by atoms with E-state index in [0.717, 1.165) is 5.56 Å². The average molecular weight is 263 g/mol. The van der Waals surface area contributed by atoms with Gasteiger partial charge in [-0.05, 0) is 30.5 Å². The molecule has 0 saturated heterocycles. The molecule has 1 aliphatic carbocycles. The van der Waals surface area contributed by atoms with E-state index < -0.39 is 0 Å². The summed E-state index contributed by atoms with van der Waals surface area (Å²) in [5.74, 6) is -0.457. The van der Waals surface area contributed by atoms with Crippen molar-refractivity contribution >= 4 is 5.97 Å². The van der Waals surface area contributed by atoms with E-state index in [1.165, 1.54) is 32.8 Å². The molecule has 0 radical (unpaired) electrons. The van der Waals surface area contributed by atoms with Gasteiger partial charge in [-0.3, -0.25) is 4.79 Å². The summed E-state index contributed by atoms with van der Waals surface area (Å²) in [7, 11) is 1.40. The van der Waals surface area contributed by atoms with E-state index in [9.17, 15) is 9.90 Å². The van der Waals surface area contributed by atoms with Crippen LogP contribution in [0.1, 0.15) is 37.2 Å². The Balaban J connectivity index is 2.04. The van der Waals surface area contributed by atoms with Gasteiger partial charge in [0.25, 0.3) is 0 Å². The molecule has 0 spiro atoms. The number of rotatable bonds is 5. The number of hydrogen-bond acceptors (Lipinski definition) is 4. The number of aromatic hydroxyl groups is 1. The van der Waals surface area contributed by atoms with Gasteiger partial charge in [0.05, 0.1) is 13.0 Å². The Labute approximate surface area is 113 Å². The predicted molar refractivity (Wildman–Crippen MR) is 73.1 cm³/mol. The molecule has 4 nitrogen and oxygen atoms in total. The highest BCUT2D eigenvalue weighted by atomic mass is 16.5. The Morgan fingerprint density at radius 1 is 1.47 bits per heavy atom. The zero-order chi connectivity index (χ0) is 13.7. The van der Waals surface area contributed by atoms with Crippen molar-refractivity contribution in [1.29, 1.82) is 0 Å². The summed E-state index contributed by atoms with van der Waals surface area (Å²) >= 11 is 0. The minimum Gasteiger partial charge on any atom is -0.508 e. The summed E-state index contributed by atoms with van der Waals surface area (Å²) < 4.78 is 4.86. The zero-order valence-corrected chi connectivity index (χ0v) is 11.3. The molecule has 19 heavy (non-hydrogen) atoms. The molecular weight excluding hydrogens is 242 g/mol. The lowest BCUT2D eigenvalue weighted by atomic mass is 9.98. The first kappa shape index (κ1) is 13.9. The molecule has 104 valence electrons. The highest BCUT2D eigenvalue weighted by Gasteiger charge is 2.24. The van der Waals surface area contributed by atoms with Crippen LogP contribution in [0, 0.1) is 0 Å². The molecule has 4 heteroatoms. The summed E-state index contributed by atoms with van der Waals surface area (Å²) in [6.45, 7) is 0.556. The Kier molecular flexibility index (Phi) is 4.80. The van der Waals surface area contributed by atoms with Crippen LogP contribution >= 0.6 is 0 Å². The maximum absolute atomic E-state index is 11.9. The lowest BCUT2D eigenvalue weighted by Gasteiger charge is -2.19. The highest BCUT2D eigenvalue weighted by molar-refractivity contribution is 5.78. The predicted octanol–water partition coefficient (Wildman–Crippen LogP) is 2.18. The smallest absolute Gasteiger partial charge is 0.314 e. The third-order valence-corrected chi connectivity index (χ3v) is 3.72. The number of nitrogens with one attached hydrogen (secondary N) is 1. The van der Waals surface area contributed by atoms with Gasteiger partial charge >= 0.3 is 5.97 Å². The van der Waals surface area contributed by atoms with Crippen molar-refractivity contribution in [2.75, 3.05) is 13.7 Å². The summed E-state index contributed by atoms with van der Waals surface area (Å²) in [6.07, 6.45) is 4.86. The standard InChI is InChI=1S/C15H21NO3/c1-19-15(18)14(10-16-12-6-2-3-7-12)11-5-4-8-13(17)9-11/h4-5,8-9,12,14,16-17H,2-3,6-7,10H2,1H3. The molecule has 1 aromatic carbocycles. The van der Waals surface area contributed by atoms with Crippen molar-refractivity contribution < 1.29 is 14.6 Å². The summed E-state index contributed by atoms with van der Waals surface area (Å²) in [5.41, 5.74) is 0.789. The number of ether oxygens (including phenoxy) is 1. The number of hydrogen-bond donors (Lipinski definition) is 2. The molecule has 1 fully saturated rings. The van der Waals surface area contributed by atoms with Crippen LogP contribution < -0.4 is 5.32 Å². The topological polar surface area (TPSA) is 58.6 Å². The lowest BCUT2D eigenvalue weighted by Crippen LogP contribution is -2.33. The van der Waals surface area contributed by atoms with Crippen LogP contribution in [0.3, 0.4) is 0 Å². The first-order valence-electron chi connectivity index (χ1n) is 6.81. The van der Waals surface area contributed by atoms with E-state index in [1.807, 2.05) is 6.07 Å². The van der Waals surface area contributed by atoms with E-state index in [0.29, 0.717) is 12.6 Å². The van der Waals surface area contributed by atoms with Crippen molar-refractivity contribution in [3.05, 3.63) is 29.8 Å². The van der Waals surface area contributed by atoms with Crippen molar-refractivity contribution in [2.24, 2.45) is 0 Å². The van der Waals surface area contributed by atoms with Crippen LogP contribution in [-0.2, 0) is 9.53 Å².